The van der Waals surface area contributed by atoms with E-state index in [-0.39, 0.29) is 6.61 Å². The Bertz CT molecular complexity index is 289. The standard InChI is InChI=1S/C9H13N3O2/c10-9(14)12(6-3-7-13)8-4-1-2-5-11-8/h1-2,4-5,13H,3,6-7H2,(H2,10,14). The highest BCUT2D eigenvalue weighted by atomic mass is 16.3. The van der Waals surface area contributed by atoms with Crippen molar-refractivity contribution in [2.45, 2.75) is 6.42 Å². The first-order valence-electron chi connectivity index (χ1n) is 4.34. The van der Waals surface area contributed by atoms with Crippen LogP contribution in [-0.4, -0.2) is 29.3 Å². The first-order valence-corrected chi connectivity index (χ1v) is 4.34. The largest absolute Gasteiger partial charge is 0.396 e. The first-order chi connectivity index (χ1) is 6.75. The minimum atomic E-state index is -0.558. The smallest absolute Gasteiger partial charge is 0.320 e. The van der Waals surface area contributed by atoms with Crippen molar-refractivity contribution in [2.24, 2.45) is 5.73 Å². The summed E-state index contributed by atoms with van der Waals surface area (Å²) in [6, 6.07) is 4.67. The molecule has 0 aliphatic heterocycles. The first kappa shape index (κ1) is 10.5. The zero-order chi connectivity index (χ0) is 10.4. The maximum atomic E-state index is 11.0. The van der Waals surface area contributed by atoms with Crippen LogP contribution in [0.4, 0.5) is 10.6 Å². The molecule has 0 unspecified atom stereocenters. The molecule has 14 heavy (non-hydrogen) atoms. The average molecular weight is 195 g/mol. The Morgan fingerprint density at radius 2 is 2.36 bits per heavy atom. The number of hydrogen-bond donors (Lipinski definition) is 2. The van der Waals surface area contributed by atoms with Crippen molar-refractivity contribution in [2.75, 3.05) is 18.1 Å². The van der Waals surface area contributed by atoms with E-state index in [0.717, 1.165) is 0 Å². The van der Waals surface area contributed by atoms with Gasteiger partial charge in [-0.15, -0.1) is 0 Å². The van der Waals surface area contributed by atoms with Crippen LogP contribution in [-0.2, 0) is 0 Å². The number of primary amides is 1. The van der Waals surface area contributed by atoms with Gasteiger partial charge < -0.3 is 10.8 Å². The van der Waals surface area contributed by atoms with Gasteiger partial charge in [-0.25, -0.2) is 9.78 Å². The number of carbonyl (C=O) groups excluding carboxylic acids is 1. The second-order valence-electron chi connectivity index (χ2n) is 2.75. The maximum absolute atomic E-state index is 11.0. The molecule has 0 aliphatic carbocycles. The number of urea groups is 1. The monoisotopic (exact) mass is 195 g/mol. The number of rotatable bonds is 4. The Balaban J connectivity index is 2.73. The summed E-state index contributed by atoms with van der Waals surface area (Å²) in [5, 5.41) is 8.64. The molecular formula is C9H13N3O2. The highest BCUT2D eigenvalue weighted by molar-refractivity contribution is 5.89. The lowest BCUT2D eigenvalue weighted by atomic mass is 10.3. The van der Waals surface area contributed by atoms with Crippen LogP contribution < -0.4 is 10.6 Å². The number of carbonyl (C=O) groups is 1. The van der Waals surface area contributed by atoms with Gasteiger partial charge in [0.2, 0.25) is 0 Å². The van der Waals surface area contributed by atoms with E-state index in [9.17, 15) is 4.79 Å². The van der Waals surface area contributed by atoms with E-state index in [1.165, 1.54) is 4.90 Å². The van der Waals surface area contributed by atoms with Gasteiger partial charge in [-0.2, -0.15) is 0 Å². The van der Waals surface area contributed by atoms with Crippen LogP contribution in [0.1, 0.15) is 6.42 Å². The SMILES string of the molecule is NC(=O)N(CCCO)c1ccccn1. The number of pyridine rings is 1. The fourth-order valence-corrected chi connectivity index (χ4v) is 1.08. The topological polar surface area (TPSA) is 79.5 Å². The molecule has 0 bridgehead atoms. The molecule has 0 aliphatic rings. The van der Waals surface area contributed by atoms with Gasteiger partial charge in [-0.05, 0) is 18.6 Å². The van der Waals surface area contributed by atoms with Crippen LogP contribution in [0.3, 0.4) is 0 Å². The van der Waals surface area contributed by atoms with Crippen molar-refractivity contribution in [1.82, 2.24) is 4.98 Å². The van der Waals surface area contributed by atoms with E-state index in [0.29, 0.717) is 18.8 Å². The minimum absolute atomic E-state index is 0.0244. The van der Waals surface area contributed by atoms with Crippen molar-refractivity contribution in [3.63, 3.8) is 0 Å². The molecule has 0 aromatic carbocycles. The molecule has 0 saturated carbocycles. The average Bonchev–Trinajstić information content (AvgIpc) is 2.19. The van der Waals surface area contributed by atoms with Crippen LogP contribution in [0.25, 0.3) is 0 Å². The van der Waals surface area contributed by atoms with Crippen molar-refractivity contribution in [3.05, 3.63) is 24.4 Å². The van der Waals surface area contributed by atoms with Gasteiger partial charge in [0.25, 0.3) is 0 Å². The summed E-state index contributed by atoms with van der Waals surface area (Å²) in [7, 11) is 0. The number of aromatic nitrogens is 1. The number of hydrogen-bond acceptors (Lipinski definition) is 3. The molecule has 0 saturated heterocycles. The van der Waals surface area contributed by atoms with Gasteiger partial charge in [-0.3, -0.25) is 4.90 Å². The van der Waals surface area contributed by atoms with Crippen molar-refractivity contribution in [3.8, 4) is 0 Å². The van der Waals surface area contributed by atoms with E-state index in [1.807, 2.05) is 0 Å². The molecule has 1 rings (SSSR count). The van der Waals surface area contributed by atoms with Gasteiger partial charge in [0, 0.05) is 19.3 Å². The molecule has 0 radical (unpaired) electrons. The van der Waals surface area contributed by atoms with E-state index >= 15 is 0 Å². The van der Waals surface area contributed by atoms with Crippen LogP contribution in [0.15, 0.2) is 24.4 Å². The molecule has 5 nitrogen and oxygen atoms in total. The lowest BCUT2D eigenvalue weighted by molar-refractivity contribution is 0.251. The summed E-state index contributed by atoms with van der Waals surface area (Å²) in [5.74, 6) is 0.508. The van der Waals surface area contributed by atoms with Gasteiger partial charge in [-0.1, -0.05) is 6.07 Å². The van der Waals surface area contributed by atoms with Crippen molar-refractivity contribution in [1.29, 1.82) is 0 Å². The quantitative estimate of drug-likeness (QED) is 0.727. The van der Waals surface area contributed by atoms with E-state index in [4.69, 9.17) is 10.8 Å². The molecule has 1 aromatic rings. The summed E-state index contributed by atoms with van der Waals surface area (Å²) in [6.07, 6.45) is 2.07. The zero-order valence-electron chi connectivity index (χ0n) is 7.76. The molecule has 0 fully saturated rings. The maximum Gasteiger partial charge on any atom is 0.320 e. The van der Waals surface area contributed by atoms with Crippen LogP contribution in [0, 0.1) is 0 Å². The molecule has 5 heteroatoms. The molecule has 76 valence electrons. The number of aliphatic hydroxyl groups excluding tert-OH is 1. The second kappa shape index (κ2) is 5.18. The lowest BCUT2D eigenvalue weighted by Crippen LogP contribution is -2.37. The Kier molecular flexibility index (Phi) is 3.87. The van der Waals surface area contributed by atoms with Crippen LogP contribution >= 0.6 is 0 Å². The highest BCUT2D eigenvalue weighted by Crippen LogP contribution is 2.08. The zero-order valence-corrected chi connectivity index (χ0v) is 7.76. The number of aliphatic hydroxyl groups is 1. The number of nitrogens with two attached hydrogens (primary N) is 1. The van der Waals surface area contributed by atoms with Crippen LogP contribution in [0.5, 0.6) is 0 Å². The van der Waals surface area contributed by atoms with E-state index in [2.05, 4.69) is 4.98 Å². The summed E-state index contributed by atoms with van der Waals surface area (Å²) in [4.78, 5) is 16.4. The summed E-state index contributed by atoms with van der Waals surface area (Å²) in [5.41, 5.74) is 5.17. The third kappa shape index (κ3) is 2.70. The third-order valence-corrected chi connectivity index (χ3v) is 1.73. The molecule has 0 spiro atoms. The van der Waals surface area contributed by atoms with Gasteiger partial charge in [0.1, 0.15) is 5.82 Å². The van der Waals surface area contributed by atoms with Crippen LogP contribution in [0.2, 0.25) is 0 Å². The van der Waals surface area contributed by atoms with Gasteiger partial charge in [0.15, 0.2) is 0 Å². The Labute approximate surface area is 82.2 Å². The molecule has 3 N–H and O–H groups in total. The summed E-state index contributed by atoms with van der Waals surface area (Å²) < 4.78 is 0. The Morgan fingerprint density at radius 3 is 2.86 bits per heavy atom. The van der Waals surface area contributed by atoms with E-state index < -0.39 is 6.03 Å². The minimum Gasteiger partial charge on any atom is -0.396 e. The fourth-order valence-electron chi connectivity index (χ4n) is 1.08. The number of amides is 2. The lowest BCUT2D eigenvalue weighted by Gasteiger charge is -2.18. The van der Waals surface area contributed by atoms with Gasteiger partial charge >= 0.3 is 6.03 Å². The van der Waals surface area contributed by atoms with Crippen molar-refractivity contribution >= 4 is 11.8 Å². The second-order valence-corrected chi connectivity index (χ2v) is 2.75. The predicted octanol–water partition coefficient (Wildman–Crippen LogP) is 0.349. The predicted molar refractivity (Wildman–Crippen MR) is 52.9 cm³/mol. The van der Waals surface area contributed by atoms with Gasteiger partial charge in [0.05, 0.1) is 0 Å². The Morgan fingerprint density at radius 1 is 1.57 bits per heavy atom. The van der Waals surface area contributed by atoms with Crippen molar-refractivity contribution < 1.29 is 9.90 Å². The fraction of sp³-hybridized carbons (Fsp3) is 0.333. The highest BCUT2D eigenvalue weighted by Gasteiger charge is 2.11. The Hall–Kier alpha value is -1.62. The third-order valence-electron chi connectivity index (χ3n) is 1.73. The molecule has 1 aromatic heterocycles. The summed E-state index contributed by atoms with van der Waals surface area (Å²) in [6.45, 7) is 0.402. The summed E-state index contributed by atoms with van der Waals surface area (Å²) >= 11 is 0. The molecule has 2 amide bonds. The number of anilines is 1. The molecular weight excluding hydrogens is 182 g/mol. The van der Waals surface area contributed by atoms with E-state index in [1.54, 1.807) is 24.4 Å². The molecule has 0 atom stereocenters. The molecule has 1 heterocycles. The number of nitrogens with zero attached hydrogens (tertiary/aromatic N) is 2. The normalized spacial score (nSPS) is 9.79.